The Morgan fingerprint density at radius 2 is 2.44 bits per heavy atom. The van der Waals surface area contributed by atoms with Crippen molar-refractivity contribution in [3.8, 4) is 16.8 Å². The van der Waals surface area contributed by atoms with E-state index in [0.717, 1.165) is 4.88 Å². The standard InChI is InChI=1S/C10H9N3O2S/c1-14-5-4-9-12-10(15-13-9)8-3-2-7(6-11)16-8/h2-3H,4-5H2,1H3. The molecule has 0 aliphatic rings. The average Bonchev–Trinajstić information content (AvgIpc) is 2.94. The number of thiophene rings is 1. The molecule has 6 heteroatoms. The first-order valence-electron chi connectivity index (χ1n) is 4.65. The van der Waals surface area contributed by atoms with Crippen LogP contribution in [0.15, 0.2) is 16.7 Å². The molecule has 16 heavy (non-hydrogen) atoms. The highest BCUT2D eigenvalue weighted by Gasteiger charge is 2.10. The van der Waals surface area contributed by atoms with Gasteiger partial charge in [0.1, 0.15) is 10.9 Å². The molecule has 0 bridgehead atoms. The zero-order chi connectivity index (χ0) is 11.4. The molecule has 0 atom stereocenters. The zero-order valence-electron chi connectivity index (χ0n) is 8.64. The Labute approximate surface area is 96.3 Å². The molecule has 0 saturated carbocycles. The molecule has 2 heterocycles. The van der Waals surface area contributed by atoms with Crippen LogP contribution in [0.2, 0.25) is 0 Å². The Hall–Kier alpha value is -1.71. The fourth-order valence-electron chi connectivity index (χ4n) is 1.16. The third-order valence-electron chi connectivity index (χ3n) is 1.92. The van der Waals surface area contributed by atoms with Crippen LogP contribution >= 0.6 is 11.3 Å². The molecule has 82 valence electrons. The molecule has 2 rings (SSSR count). The topological polar surface area (TPSA) is 71.9 Å². The first-order chi connectivity index (χ1) is 7.83. The van der Waals surface area contributed by atoms with Crippen LogP contribution in [0.25, 0.3) is 10.8 Å². The number of nitrogens with zero attached hydrogens (tertiary/aromatic N) is 3. The van der Waals surface area contributed by atoms with Crippen LogP contribution < -0.4 is 0 Å². The highest BCUT2D eigenvalue weighted by Crippen LogP contribution is 2.26. The second-order valence-electron chi connectivity index (χ2n) is 3.03. The number of hydrogen-bond donors (Lipinski definition) is 0. The van der Waals surface area contributed by atoms with Crippen molar-refractivity contribution in [3.05, 3.63) is 22.8 Å². The van der Waals surface area contributed by atoms with Gasteiger partial charge in [0.05, 0.1) is 11.5 Å². The highest BCUT2D eigenvalue weighted by atomic mass is 32.1. The van der Waals surface area contributed by atoms with Crippen molar-refractivity contribution in [3.63, 3.8) is 0 Å². The smallest absolute Gasteiger partial charge is 0.268 e. The van der Waals surface area contributed by atoms with E-state index in [0.29, 0.717) is 29.6 Å². The predicted molar refractivity (Wildman–Crippen MR) is 57.9 cm³/mol. The first-order valence-corrected chi connectivity index (χ1v) is 5.47. The molecule has 0 aliphatic heterocycles. The van der Waals surface area contributed by atoms with E-state index in [-0.39, 0.29) is 0 Å². The lowest BCUT2D eigenvalue weighted by molar-refractivity contribution is 0.199. The number of methoxy groups -OCH3 is 1. The highest BCUT2D eigenvalue weighted by molar-refractivity contribution is 7.15. The summed E-state index contributed by atoms with van der Waals surface area (Å²) in [4.78, 5) is 5.65. The van der Waals surface area contributed by atoms with Crippen LogP contribution in [0.4, 0.5) is 0 Å². The molecule has 0 aliphatic carbocycles. The number of hydrogen-bond acceptors (Lipinski definition) is 6. The van der Waals surface area contributed by atoms with Gasteiger partial charge in [0.15, 0.2) is 5.82 Å². The van der Waals surface area contributed by atoms with Gasteiger partial charge in [-0.15, -0.1) is 11.3 Å². The SMILES string of the molecule is COCCc1noc(-c2ccc(C#N)s2)n1. The summed E-state index contributed by atoms with van der Waals surface area (Å²) in [5.74, 6) is 1.07. The van der Waals surface area contributed by atoms with Gasteiger partial charge in [0.2, 0.25) is 0 Å². The van der Waals surface area contributed by atoms with Gasteiger partial charge >= 0.3 is 0 Å². The lowest BCUT2D eigenvalue weighted by Gasteiger charge is -1.90. The van der Waals surface area contributed by atoms with Crippen LogP contribution in [0.1, 0.15) is 10.7 Å². The molecular weight excluding hydrogens is 226 g/mol. The molecule has 0 saturated heterocycles. The quantitative estimate of drug-likeness (QED) is 0.808. The second kappa shape index (κ2) is 4.88. The minimum Gasteiger partial charge on any atom is -0.384 e. The molecular formula is C10H9N3O2S. The lowest BCUT2D eigenvalue weighted by atomic mass is 10.4. The fourth-order valence-corrected chi connectivity index (χ4v) is 1.89. The van der Waals surface area contributed by atoms with Gasteiger partial charge in [-0.3, -0.25) is 0 Å². The van der Waals surface area contributed by atoms with Crippen molar-refractivity contribution in [2.45, 2.75) is 6.42 Å². The van der Waals surface area contributed by atoms with Crippen molar-refractivity contribution in [1.82, 2.24) is 10.1 Å². The largest absolute Gasteiger partial charge is 0.384 e. The first kappa shape index (κ1) is 10.8. The van der Waals surface area contributed by atoms with Crippen LogP contribution in [0.5, 0.6) is 0 Å². The van der Waals surface area contributed by atoms with E-state index in [1.807, 2.05) is 0 Å². The van der Waals surface area contributed by atoms with E-state index >= 15 is 0 Å². The number of ether oxygens (including phenoxy) is 1. The van der Waals surface area contributed by atoms with Crippen molar-refractivity contribution < 1.29 is 9.26 Å². The number of nitriles is 1. The van der Waals surface area contributed by atoms with Gasteiger partial charge in [-0.25, -0.2) is 0 Å². The fraction of sp³-hybridized carbons (Fsp3) is 0.300. The Balaban J connectivity index is 2.15. The molecule has 2 aromatic heterocycles. The number of aromatic nitrogens is 2. The Morgan fingerprint density at radius 1 is 1.56 bits per heavy atom. The molecule has 0 spiro atoms. The average molecular weight is 235 g/mol. The summed E-state index contributed by atoms with van der Waals surface area (Å²) in [6.07, 6.45) is 0.622. The minimum absolute atomic E-state index is 0.456. The van der Waals surface area contributed by atoms with Gasteiger partial charge in [-0.2, -0.15) is 10.2 Å². The van der Waals surface area contributed by atoms with Crippen LogP contribution in [0, 0.1) is 11.3 Å². The Bertz CT molecular complexity index is 512. The molecule has 0 aromatic carbocycles. The minimum atomic E-state index is 0.456. The molecule has 2 aromatic rings. The summed E-state index contributed by atoms with van der Waals surface area (Å²) in [6.45, 7) is 0.562. The van der Waals surface area contributed by atoms with Crippen molar-refractivity contribution >= 4 is 11.3 Å². The van der Waals surface area contributed by atoms with E-state index in [9.17, 15) is 0 Å². The van der Waals surface area contributed by atoms with Gasteiger partial charge in [-0.1, -0.05) is 5.16 Å². The Kier molecular flexibility index (Phi) is 3.29. The molecule has 0 fully saturated rings. The summed E-state index contributed by atoms with van der Waals surface area (Å²) in [6, 6.07) is 5.60. The summed E-state index contributed by atoms with van der Waals surface area (Å²) in [7, 11) is 1.62. The molecule has 0 amide bonds. The van der Waals surface area contributed by atoms with E-state index < -0.39 is 0 Å². The van der Waals surface area contributed by atoms with Crippen LogP contribution in [-0.2, 0) is 11.2 Å². The summed E-state index contributed by atoms with van der Waals surface area (Å²) in [5.41, 5.74) is 0. The summed E-state index contributed by atoms with van der Waals surface area (Å²) in [5, 5.41) is 12.5. The third kappa shape index (κ3) is 2.27. The van der Waals surface area contributed by atoms with Crippen LogP contribution in [-0.4, -0.2) is 23.9 Å². The van der Waals surface area contributed by atoms with Gasteiger partial charge in [0, 0.05) is 13.5 Å². The molecule has 5 nitrogen and oxygen atoms in total. The molecule has 0 N–H and O–H groups in total. The molecule has 0 radical (unpaired) electrons. The summed E-state index contributed by atoms with van der Waals surface area (Å²) < 4.78 is 10.0. The van der Waals surface area contributed by atoms with Gasteiger partial charge in [0.25, 0.3) is 5.89 Å². The number of rotatable bonds is 4. The van der Waals surface area contributed by atoms with E-state index in [1.165, 1.54) is 11.3 Å². The van der Waals surface area contributed by atoms with Crippen molar-refractivity contribution in [2.75, 3.05) is 13.7 Å². The Morgan fingerprint density at radius 3 is 3.12 bits per heavy atom. The van der Waals surface area contributed by atoms with E-state index in [2.05, 4.69) is 16.2 Å². The van der Waals surface area contributed by atoms with Gasteiger partial charge < -0.3 is 9.26 Å². The van der Waals surface area contributed by atoms with Crippen molar-refractivity contribution in [2.24, 2.45) is 0 Å². The maximum atomic E-state index is 8.70. The summed E-state index contributed by atoms with van der Waals surface area (Å²) >= 11 is 1.33. The maximum absolute atomic E-state index is 8.70. The predicted octanol–water partition coefficient (Wildman–Crippen LogP) is 1.86. The third-order valence-corrected chi connectivity index (χ3v) is 2.90. The maximum Gasteiger partial charge on any atom is 0.268 e. The lowest BCUT2D eigenvalue weighted by Crippen LogP contribution is -1.95. The van der Waals surface area contributed by atoms with Gasteiger partial charge in [-0.05, 0) is 12.1 Å². The molecule has 0 unspecified atom stereocenters. The zero-order valence-corrected chi connectivity index (χ0v) is 9.45. The van der Waals surface area contributed by atoms with Crippen molar-refractivity contribution in [1.29, 1.82) is 5.26 Å². The monoisotopic (exact) mass is 235 g/mol. The van der Waals surface area contributed by atoms with Crippen LogP contribution in [0.3, 0.4) is 0 Å². The van der Waals surface area contributed by atoms with E-state index in [4.69, 9.17) is 14.5 Å². The second-order valence-corrected chi connectivity index (χ2v) is 4.12. The van der Waals surface area contributed by atoms with E-state index in [1.54, 1.807) is 19.2 Å². The normalized spacial score (nSPS) is 10.2.